The maximum Gasteiger partial charge on any atom is 0.0989 e. The van der Waals surface area contributed by atoms with Crippen molar-refractivity contribution in [3.05, 3.63) is 35.9 Å². The van der Waals surface area contributed by atoms with E-state index in [-0.39, 0.29) is 0 Å². The molecule has 2 rings (SSSR count). The molecule has 1 saturated heterocycles. The van der Waals surface area contributed by atoms with Crippen molar-refractivity contribution < 1.29 is 0 Å². The van der Waals surface area contributed by atoms with Crippen molar-refractivity contribution in [3.8, 4) is 0 Å². The SMILES string of the molecule is CC.CN=C1CCCN1Cc1ccccc1. The second kappa shape index (κ2) is 7.04. The summed E-state index contributed by atoms with van der Waals surface area (Å²) in [6, 6.07) is 10.6. The van der Waals surface area contributed by atoms with Crippen LogP contribution in [0.15, 0.2) is 35.3 Å². The van der Waals surface area contributed by atoms with Crippen molar-refractivity contribution in [1.82, 2.24) is 4.90 Å². The predicted octanol–water partition coefficient (Wildman–Crippen LogP) is 3.34. The van der Waals surface area contributed by atoms with E-state index < -0.39 is 0 Å². The van der Waals surface area contributed by atoms with Crippen LogP contribution in [0.1, 0.15) is 32.3 Å². The van der Waals surface area contributed by atoms with Crippen LogP contribution in [-0.4, -0.2) is 24.3 Å². The summed E-state index contributed by atoms with van der Waals surface area (Å²) in [4.78, 5) is 6.68. The van der Waals surface area contributed by atoms with Gasteiger partial charge in [-0.1, -0.05) is 44.2 Å². The van der Waals surface area contributed by atoms with E-state index >= 15 is 0 Å². The van der Waals surface area contributed by atoms with Crippen LogP contribution in [0.4, 0.5) is 0 Å². The molecule has 1 heterocycles. The molecule has 16 heavy (non-hydrogen) atoms. The minimum atomic E-state index is 1.01. The standard InChI is InChI=1S/C12H16N2.C2H6/c1-13-12-8-5-9-14(12)10-11-6-3-2-4-7-11;1-2/h2-4,6-7H,5,8-10H2,1H3;1-2H3. The Hall–Kier alpha value is -1.31. The van der Waals surface area contributed by atoms with Crippen molar-refractivity contribution >= 4 is 5.84 Å². The first-order valence-corrected chi connectivity index (χ1v) is 6.14. The van der Waals surface area contributed by atoms with Gasteiger partial charge in [-0.3, -0.25) is 4.99 Å². The highest BCUT2D eigenvalue weighted by Gasteiger charge is 2.17. The Morgan fingerprint density at radius 1 is 1.19 bits per heavy atom. The number of likely N-dealkylation sites (tertiary alicyclic amines) is 1. The first-order chi connectivity index (χ1) is 7.90. The number of hydrogen-bond acceptors (Lipinski definition) is 1. The van der Waals surface area contributed by atoms with Gasteiger partial charge in [-0.05, 0) is 12.0 Å². The summed E-state index contributed by atoms with van der Waals surface area (Å²) in [5.41, 5.74) is 1.37. The van der Waals surface area contributed by atoms with Crippen molar-refractivity contribution in [2.45, 2.75) is 33.2 Å². The minimum absolute atomic E-state index is 1.01. The van der Waals surface area contributed by atoms with Gasteiger partial charge in [0.25, 0.3) is 0 Å². The van der Waals surface area contributed by atoms with Gasteiger partial charge in [-0.2, -0.15) is 0 Å². The lowest BCUT2D eigenvalue weighted by Gasteiger charge is -2.18. The third kappa shape index (κ3) is 3.37. The van der Waals surface area contributed by atoms with Crippen molar-refractivity contribution in [2.24, 2.45) is 4.99 Å². The van der Waals surface area contributed by atoms with Gasteiger partial charge >= 0.3 is 0 Å². The number of amidine groups is 1. The van der Waals surface area contributed by atoms with E-state index in [0.717, 1.165) is 19.5 Å². The Bertz CT molecular complexity index is 317. The molecule has 1 aliphatic heterocycles. The van der Waals surface area contributed by atoms with Crippen LogP contribution in [0.5, 0.6) is 0 Å². The summed E-state index contributed by atoms with van der Waals surface area (Å²) < 4.78 is 0. The monoisotopic (exact) mass is 218 g/mol. The molecule has 0 saturated carbocycles. The summed E-state index contributed by atoms with van der Waals surface area (Å²) in [7, 11) is 1.89. The summed E-state index contributed by atoms with van der Waals surface area (Å²) in [6.45, 7) is 6.16. The van der Waals surface area contributed by atoms with E-state index in [1.807, 2.05) is 20.9 Å². The fraction of sp³-hybridized carbons (Fsp3) is 0.500. The van der Waals surface area contributed by atoms with E-state index in [1.165, 1.54) is 17.8 Å². The van der Waals surface area contributed by atoms with Gasteiger partial charge in [0.05, 0.1) is 5.84 Å². The van der Waals surface area contributed by atoms with E-state index in [0.29, 0.717) is 0 Å². The summed E-state index contributed by atoms with van der Waals surface area (Å²) >= 11 is 0. The van der Waals surface area contributed by atoms with E-state index in [4.69, 9.17) is 0 Å². The second-order valence-corrected chi connectivity index (χ2v) is 3.65. The van der Waals surface area contributed by atoms with E-state index in [1.54, 1.807) is 0 Å². The summed E-state index contributed by atoms with van der Waals surface area (Å²) in [5, 5.41) is 0. The van der Waals surface area contributed by atoms with Crippen molar-refractivity contribution in [3.63, 3.8) is 0 Å². The topological polar surface area (TPSA) is 15.6 Å². The molecule has 0 aliphatic carbocycles. The molecule has 88 valence electrons. The molecule has 0 spiro atoms. The molecule has 1 aromatic rings. The number of benzene rings is 1. The Morgan fingerprint density at radius 3 is 2.50 bits per heavy atom. The first kappa shape index (κ1) is 12.8. The molecule has 0 atom stereocenters. The number of aliphatic imine (C=N–C) groups is 1. The molecule has 0 aromatic heterocycles. The molecular formula is C14H22N2. The molecule has 1 aromatic carbocycles. The van der Waals surface area contributed by atoms with E-state index in [2.05, 4.69) is 40.2 Å². The Labute approximate surface area is 99.0 Å². The van der Waals surface area contributed by atoms with Gasteiger partial charge in [0.2, 0.25) is 0 Å². The zero-order valence-electron chi connectivity index (χ0n) is 10.6. The lowest BCUT2D eigenvalue weighted by molar-refractivity contribution is 0.448. The predicted molar refractivity (Wildman–Crippen MR) is 70.8 cm³/mol. The molecule has 0 amide bonds. The third-order valence-electron chi connectivity index (χ3n) is 2.67. The number of hydrogen-bond donors (Lipinski definition) is 0. The normalized spacial score (nSPS) is 17.2. The number of nitrogens with zero attached hydrogens (tertiary/aromatic N) is 2. The zero-order valence-corrected chi connectivity index (χ0v) is 10.6. The van der Waals surface area contributed by atoms with Crippen LogP contribution in [0, 0.1) is 0 Å². The molecule has 0 N–H and O–H groups in total. The van der Waals surface area contributed by atoms with Gasteiger partial charge in [-0.15, -0.1) is 0 Å². The van der Waals surface area contributed by atoms with Gasteiger partial charge in [-0.25, -0.2) is 0 Å². The largest absolute Gasteiger partial charge is 0.356 e. The lowest BCUT2D eigenvalue weighted by atomic mass is 10.2. The molecule has 1 aliphatic rings. The number of rotatable bonds is 2. The third-order valence-corrected chi connectivity index (χ3v) is 2.67. The average molecular weight is 218 g/mol. The van der Waals surface area contributed by atoms with Crippen molar-refractivity contribution in [2.75, 3.05) is 13.6 Å². The quantitative estimate of drug-likeness (QED) is 0.743. The highest BCUT2D eigenvalue weighted by molar-refractivity contribution is 5.83. The van der Waals surface area contributed by atoms with Crippen LogP contribution >= 0.6 is 0 Å². The highest BCUT2D eigenvalue weighted by Crippen LogP contribution is 2.14. The Balaban J connectivity index is 0.000000606. The molecule has 2 nitrogen and oxygen atoms in total. The van der Waals surface area contributed by atoms with Gasteiger partial charge < -0.3 is 4.90 Å². The van der Waals surface area contributed by atoms with Crippen LogP contribution in [0.25, 0.3) is 0 Å². The smallest absolute Gasteiger partial charge is 0.0989 e. The lowest BCUT2D eigenvalue weighted by Crippen LogP contribution is -2.24. The maximum atomic E-state index is 4.31. The fourth-order valence-corrected chi connectivity index (χ4v) is 1.94. The van der Waals surface area contributed by atoms with E-state index in [9.17, 15) is 0 Å². The molecular weight excluding hydrogens is 196 g/mol. The fourth-order valence-electron chi connectivity index (χ4n) is 1.94. The van der Waals surface area contributed by atoms with Crippen LogP contribution in [0.2, 0.25) is 0 Å². The van der Waals surface area contributed by atoms with Crippen LogP contribution in [-0.2, 0) is 6.54 Å². The second-order valence-electron chi connectivity index (χ2n) is 3.65. The zero-order chi connectivity index (χ0) is 11.8. The molecule has 0 bridgehead atoms. The van der Waals surface area contributed by atoms with Gasteiger partial charge in [0.15, 0.2) is 0 Å². The van der Waals surface area contributed by atoms with Gasteiger partial charge in [0, 0.05) is 26.6 Å². The summed E-state index contributed by atoms with van der Waals surface area (Å²) in [5.74, 6) is 1.26. The maximum absolute atomic E-state index is 4.31. The Morgan fingerprint density at radius 2 is 1.88 bits per heavy atom. The van der Waals surface area contributed by atoms with Crippen LogP contribution in [0.3, 0.4) is 0 Å². The molecule has 2 heteroatoms. The minimum Gasteiger partial charge on any atom is -0.356 e. The van der Waals surface area contributed by atoms with Crippen LogP contribution < -0.4 is 0 Å². The molecule has 0 unspecified atom stereocenters. The Kier molecular flexibility index (Phi) is 5.62. The molecule has 0 radical (unpaired) electrons. The van der Waals surface area contributed by atoms with Crippen molar-refractivity contribution in [1.29, 1.82) is 0 Å². The van der Waals surface area contributed by atoms with Gasteiger partial charge in [0.1, 0.15) is 0 Å². The first-order valence-electron chi connectivity index (χ1n) is 6.14. The molecule has 1 fully saturated rings. The average Bonchev–Trinajstić information content (AvgIpc) is 2.80. The summed E-state index contributed by atoms with van der Waals surface area (Å²) in [6.07, 6.45) is 2.39. The highest BCUT2D eigenvalue weighted by atomic mass is 15.2.